The lowest BCUT2D eigenvalue weighted by molar-refractivity contribution is 0.129. The molecule has 0 bridgehead atoms. The molecule has 1 aromatic heterocycles. The third-order valence-corrected chi connectivity index (χ3v) is 6.09. The standard InChI is InChI=1S/C15H19N3O3S/c19-11-15(13-5-2-1-3-6-13)7-4-8-18(10-15)22(20,21)14-9-16-12-17-14/h1-3,5-6,9,12,19H,4,7-8,10-11H2,(H,16,17). The number of rotatable bonds is 4. The van der Waals surface area contributed by atoms with Crippen LogP contribution in [-0.2, 0) is 15.4 Å². The summed E-state index contributed by atoms with van der Waals surface area (Å²) in [5.74, 6) is 0. The van der Waals surface area contributed by atoms with E-state index in [1.165, 1.54) is 16.8 Å². The smallest absolute Gasteiger partial charge is 0.260 e. The number of H-pyrrole nitrogens is 1. The van der Waals surface area contributed by atoms with Gasteiger partial charge in [0.1, 0.15) is 0 Å². The molecule has 1 atom stereocenters. The first-order valence-electron chi connectivity index (χ1n) is 7.23. The van der Waals surface area contributed by atoms with Crippen molar-refractivity contribution in [3.05, 3.63) is 48.4 Å². The second kappa shape index (κ2) is 5.83. The van der Waals surface area contributed by atoms with Gasteiger partial charge in [-0.1, -0.05) is 30.3 Å². The van der Waals surface area contributed by atoms with Gasteiger partial charge in [0.05, 0.1) is 19.1 Å². The van der Waals surface area contributed by atoms with E-state index in [0.717, 1.165) is 12.0 Å². The highest BCUT2D eigenvalue weighted by Crippen LogP contribution is 2.35. The molecule has 0 radical (unpaired) electrons. The Labute approximate surface area is 129 Å². The molecule has 0 amide bonds. The predicted octanol–water partition coefficient (Wildman–Crippen LogP) is 1.12. The number of aliphatic hydroxyl groups excluding tert-OH is 1. The van der Waals surface area contributed by atoms with E-state index in [1.807, 2.05) is 30.3 Å². The van der Waals surface area contributed by atoms with Crippen molar-refractivity contribution in [3.63, 3.8) is 0 Å². The number of nitrogens with zero attached hydrogens (tertiary/aromatic N) is 2. The summed E-state index contributed by atoms with van der Waals surface area (Å²) in [6, 6.07) is 9.63. The van der Waals surface area contributed by atoms with Gasteiger partial charge < -0.3 is 10.1 Å². The van der Waals surface area contributed by atoms with Crippen molar-refractivity contribution in [1.82, 2.24) is 14.3 Å². The zero-order valence-corrected chi connectivity index (χ0v) is 13.0. The Bertz CT molecular complexity index is 716. The maximum atomic E-state index is 12.7. The van der Waals surface area contributed by atoms with E-state index in [4.69, 9.17) is 0 Å². The van der Waals surface area contributed by atoms with E-state index < -0.39 is 15.4 Å². The Kier molecular flexibility index (Phi) is 4.03. The van der Waals surface area contributed by atoms with Crippen molar-refractivity contribution in [2.45, 2.75) is 23.3 Å². The second-order valence-electron chi connectivity index (χ2n) is 5.66. The highest BCUT2D eigenvalue weighted by atomic mass is 32.2. The topological polar surface area (TPSA) is 86.3 Å². The van der Waals surface area contributed by atoms with Gasteiger partial charge in [0.25, 0.3) is 10.0 Å². The average Bonchev–Trinajstić information content (AvgIpc) is 3.11. The minimum absolute atomic E-state index is 0.0774. The van der Waals surface area contributed by atoms with Gasteiger partial charge in [0.15, 0.2) is 5.03 Å². The maximum absolute atomic E-state index is 12.7. The number of piperidine rings is 1. The lowest BCUT2D eigenvalue weighted by atomic mass is 9.75. The van der Waals surface area contributed by atoms with Crippen LogP contribution in [0.2, 0.25) is 0 Å². The Balaban J connectivity index is 1.94. The number of imidazole rings is 1. The summed E-state index contributed by atoms with van der Waals surface area (Å²) >= 11 is 0. The van der Waals surface area contributed by atoms with Gasteiger partial charge in [-0.15, -0.1) is 0 Å². The molecule has 6 nitrogen and oxygen atoms in total. The van der Waals surface area contributed by atoms with Crippen LogP contribution in [0.25, 0.3) is 0 Å². The van der Waals surface area contributed by atoms with Crippen LogP contribution in [0, 0.1) is 0 Å². The summed E-state index contributed by atoms with van der Waals surface area (Å²) < 4.78 is 26.8. The minimum atomic E-state index is -3.60. The minimum Gasteiger partial charge on any atom is -0.395 e. The molecule has 0 spiro atoms. The molecule has 1 aliphatic heterocycles. The van der Waals surface area contributed by atoms with Gasteiger partial charge in [-0.3, -0.25) is 0 Å². The number of aromatic nitrogens is 2. The molecule has 1 saturated heterocycles. The van der Waals surface area contributed by atoms with Crippen LogP contribution in [0.1, 0.15) is 18.4 Å². The largest absolute Gasteiger partial charge is 0.395 e. The van der Waals surface area contributed by atoms with Gasteiger partial charge in [-0.05, 0) is 18.4 Å². The van der Waals surface area contributed by atoms with E-state index in [2.05, 4.69) is 9.97 Å². The molecule has 7 heteroatoms. The van der Waals surface area contributed by atoms with Crippen LogP contribution in [0.15, 0.2) is 47.9 Å². The highest BCUT2D eigenvalue weighted by molar-refractivity contribution is 7.89. The molecule has 0 aliphatic carbocycles. The maximum Gasteiger partial charge on any atom is 0.260 e. The molecule has 1 aliphatic rings. The first-order chi connectivity index (χ1) is 10.6. The van der Waals surface area contributed by atoms with Crippen LogP contribution < -0.4 is 0 Å². The lowest BCUT2D eigenvalue weighted by Crippen LogP contribution is -2.50. The summed E-state index contributed by atoms with van der Waals surface area (Å²) in [5, 5.41) is 10.1. The summed E-state index contributed by atoms with van der Waals surface area (Å²) in [7, 11) is -3.60. The molecular weight excluding hydrogens is 302 g/mol. The molecule has 2 N–H and O–H groups in total. The van der Waals surface area contributed by atoms with E-state index in [1.54, 1.807) is 0 Å². The van der Waals surface area contributed by atoms with Crippen LogP contribution in [0.4, 0.5) is 0 Å². The predicted molar refractivity (Wildman–Crippen MR) is 81.8 cm³/mol. The number of hydrogen-bond acceptors (Lipinski definition) is 4. The summed E-state index contributed by atoms with van der Waals surface area (Å²) in [6.45, 7) is 0.650. The summed E-state index contributed by atoms with van der Waals surface area (Å²) in [6.07, 6.45) is 4.14. The van der Waals surface area contributed by atoms with Crippen LogP contribution in [-0.4, -0.2) is 47.5 Å². The molecule has 2 aromatic rings. The van der Waals surface area contributed by atoms with Crippen molar-refractivity contribution in [2.24, 2.45) is 0 Å². The Morgan fingerprint density at radius 3 is 2.73 bits per heavy atom. The Morgan fingerprint density at radius 2 is 2.09 bits per heavy atom. The molecule has 3 rings (SSSR count). The highest BCUT2D eigenvalue weighted by Gasteiger charge is 2.41. The van der Waals surface area contributed by atoms with Crippen molar-refractivity contribution >= 4 is 10.0 Å². The van der Waals surface area contributed by atoms with Crippen LogP contribution >= 0.6 is 0 Å². The fourth-order valence-electron chi connectivity index (χ4n) is 3.07. The molecule has 2 heterocycles. The fraction of sp³-hybridized carbons (Fsp3) is 0.400. The van der Waals surface area contributed by atoms with Gasteiger partial charge in [0.2, 0.25) is 0 Å². The van der Waals surface area contributed by atoms with Gasteiger partial charge in [0, 0.05) is 18.5 Å². The monoisotopic (exact) mass is 321 g/mol. The quantitative estimate of drug-likeness (QED) is 0.884. The van der Waals surface area contributed by atoms with E-state index >= 15 is 0 Å². The van der Waals surface area contributed by atoms with Crippen molar-refractivity contribution < 1.29 is 13.5 Å². The fourth-order valence-corrected chi connectivity index (χ4v) is 4.53. The van der Waals surface area contributed by atoms with E-state index in [9.17, 15) is 13.5 Å². The number of hydrogen-bond donors (Lipinski definition) is 2. The molecule has 22 heavy (non-hydrogen) atoms. The summed E-state index contributed by atoms with van der Waals surface area (Å²) in [5.41, 5.74) is 0.425. The molecular formula is C15H19N3O3S. The van der Waals surface area contributed by atoms with Crippen LogP contribution in [0.5, 0.6) is 0 Å². The Morgan fingerprint density at radius 1 is 1.32 bits per heavy atom. The van der Waals surface area contributed by atoms with E-state index in [-0.39, 0.29) is 18.2 Å². The third-order valence-electron chi connectivity index (χ3n) is 4.32. The zero-order valence-electron chi connectivity index (χ0n) is 12.1. The van der Waals surface area contributed by atoms with Crippen LogP contribution in [0.3, 0.4) is 0 Å². The number of nitrogens with one attached hydrogen (secondary N) is 1. The van der Waals surface area contributed by atoms with Gasteiger partial charge in [-0.25, -0.2) is 13.4 Å². The number of sulfonamides is 1. The van der Waals surface area contributed by atoms with Gasteiger partial charge >= 0.3 is 0 Å². The van der Waals surface area contributed by atoms with Gasteiger partial charge in [-0.2, -0.15) is 4.31 Å². The number of aromatic amines is 1. The van der Waals surface area contributed by atoms with Crippen molar-refractivity contribution in [3.8, 4) is 0 Å². The molecule has 118 valence electrons. The molecule has 1 unspecified atom stereocenters. The first kappa shape index (κ1) is 15.2. The van der Waals surface area contributed by atoms with Crippen molar-refractivity contribution in [1.29, 1.82) is 0 Å². The summed E-state index contributed by atoms with van der Waals surface area (Å²) in [4.78, 5) is 6.44. The normalized spacial score (nSPS) is 23.5. The number of benzene rings is 1. The Hall–Kier alpha value is -1.70. The first-order valence-corrected chi connectivity index (χ1v) is 8.67. The third kappa shape index (κ3) is 2.55. The van der Waals surface area contributed by atoms with E-state index in [0.29, 0.717) is 13.0 Å². The molecule has 1 fully saturated rings. The average molecular weight is 321 g/mol. The number of aliphatic hydroxyl groups is 1. The zero-order chi connectivity index (χ0) is 15.6. The SMILES string of the molecule is O=S(=O)(c1cnc[nH]1)N1CCCC(CO)(c2ccccc2)C1. The molecule has 1 aromatic carbocycles. The lowest BCUT2D eigenvalue weighted by Gasteiger charge is -2.41. The van der Waals surface area contributed by atoms with Crippen molar-refractivity contribution in [2.75, 3.05) is 19.7 Å². The molecule has 0 saturated carbocycles. The second-order valence-corrected chi connectivity index (χ2v) is 7.57.